The van der Waals surface area contributed by atoms with E-state index in [1.807, 2.05) is 6.07 Å². The molecule has 19 heavy (non-hydrogen) atoms. The molecule has 2 aromatic heterocycles. The van der Waals surface area contributed by atoms with Gasteiger partial charge < -0.3 is 14.9 Å². The second-order valence-electron chi connectivity index (χ2n) is 3.81. The fraction of sp³-hybridized carbons (Fsp3) is 0.0833. The van der Waals surface area contributed by atoms with E-state index < -0.39 is 0 Å². The van der Waals surface area contributed by atoms with Crippen molar-refractivity contribution in [2.45, 2.75) is 0 Å². The lowest BCUT2D eigenvalue weighted by molar-refractivity contribution is 0.415. The van der Waals surface area contributed by atoms with Crippen molar-refractivity contribution in [2.75, 3.05) is 12.8 Å². The first kappa shape index (κ1) is 11.9. The Labute approximate surface area is 116 Å². The summed E-state index contributed by atoms with van der Waals surface area (Å²) in [6, 6.07) is 3.61. The molecular formula is C12H9BrN4O2. The van der Waals surface area contributed by atoms with Crippen molar-refractivity contribution >= 4 is 33.0 Å². The maximum absolute atomic E-state index is 5.69. The van der Waals surface area contributed by atoms with E-state index in [-0.39, 0.29) is 5.95 Å². The molecule has 0 fully saturated rings. The van der Waals surface area contributed by atoms with Crippen LogP contribution >= 0.6 is 15.9 Å². The number of methoxy groups -OCH3 is 1. The largest absolute Gasteiger partial charge is 0.497 e. The summed E-state index contributed by atoms with van der Waals surface area (Å²) < 4.78 is 11.6. The SMILES string of the molecule is COc1cc(Br)c2oc(-c3cnc(N)nc3)nc2c1. The minimum atomic E-state index is 0.211. The zero-order valence-corrected chi connectivity index (χ0v) is 11.5. The molecule has 3 rings (SSSR count). The lowest BCUT2D eigenvalue weighted by atomic mass is 10.3. The van der Waals surface area contributed by atoms with Crippen molar-refractivity contribution in [2.24, 2.45) is 0 Å². The van der Waals surface area contributed by atoms with Gasteiger partial charge in [0.2, 0.25) is 11.8 Å². The molecule has 0 bridgehead atoms. The van der Waals surface area contributed by atoms with Crippen LogP contribution in [-0.4, -0.2) is 22.1 Å². The Kier molecular flexibility index (Phi) is 2.83. The van der Waals surface area contributed by atoms with Gasteiger partial charge in [-0.05, 0) is 22.0 Å². The van der Waals surface area contributed by atoms with Crippen LogP contribution in [-0.2, 0) is 0 Å². The Morgan fingerprint density at radius 1 is 1.26 bits per heavy atom. The molecular weight excluding hydrogens is 312 g/mol. The smallest absolute Gasteiger partial charge is 0.230 e. The second kappa shape index (κ2) is 4.51. The highest BCUT2D eigenvalue weighted by molar-refractivity contribution is 9.10. The summed E-state index contributed by atoms with van der Waals surface area (Å²) in [7, 11) is 1.60. The zero-order chi connectivity index (χ0) is 13.4. The van der Waals surface area contributed by atoms with E-state index in [0.29, 0.717) is 28.3 Å². The van der Waals surface area contributed by atoms with Crippen molar-refractivity contribution in [3.63, 3.8) is 0 Å². The molecule has 0 unspecified atom stereocenters. The molecule has 2 heterocycles. The van der Waals surface area contributed by atoms with Gasteiger partial charge in [-0.15, -0.1) is 0 Å². The Hall–Kier alpha value is -2.15. The summed E-state index contributed by atoms with van der Waals surface area (Å²) in [4.78, 5) is 12.2. The molecule has 96 valence electrons. The first-order valence-corrected chi connectivity index (χ1v) is 6.18. The van der Waals surface area contributed by atoms with Crippen molar-refractivity contribution in [3.05, 3.63) is 29.0 Å². The average molecular weight is 321 g/mol. The van der Waals surface area contributed by atoms with Crippen LogP contribution in [0.3, 0.4) is 0 Å². The highest BCUT2D eigenvalue weighted by Gasteiger charge is 2.13. The molecule has 2 N–H and O–H groups in total. The van der Waals surface area contributed by atoms with Crippen LogP contribution < -0.4 is 10.5 Å². The zero-order valence-electron chi connectivity index (χ0n) is 9.92. The minimum absolute atomic E-state index is 0.211. The normalized spacial score (nSPS) is 10.8. The Morgan fingerprint density at radius 2 is 2.00 bits per heavy atom. The highest BCUT2D eigenvalue weighted by atomic mass is 79.9. The van der Waals surface area contributed by atoms with E-state index in [4.69, 9.17) is 14.9 Å². The fourth-order valence-corrected chi connectivity index (χ4v) is 2.17. The molecule has 1 aromatic carbocycles. The number of nitrogens with two attached hydrogens (primary N) is 1. The van der Waals surface area contributed by atoms with Crippen molar-refractivity contribution in [1.82, 2.24) is 15.0 Å². The first-order valence-electron chi connectivity index (χ1n) is 5.39. The quantitative estimate of drug-likeness (QED) is 0.781. The van der Waals surface area contributed by atoms with E-state index in [1.54, 1.807) is 25.6 Å². The second-order valence-corrected chi connectivity index (χ2v) is 4.66. The number of nitrogens with zero attached hydrogens (tertiary/aromatic N) is 3. The highest BCUT2D eigenvalue weighted by Crippen LogP contribution is 2.32. The summed E-state index contributed by atoms with van der Waals surface area (Å²) in [6.07, 6.45) is 3.14. The van der Waals surface area contributed by atoms with E-state index in [0.717, 1.165) is 4.47 Å². The van der Waals surface area contributed by atoms with Crippen LogP contribution in [0.2, 0.25) is 0 Å². The predicted octanol–water partition coefficient (Wildman–Crippen LogP) is 2.64. The number of rotatable bonds is 2. The Balaban J connectivity index is 2.16. The molecule has 0 spiro atoms. The number of halogens is 1. The van der Waals surface area contributed by atoms with Gasteiger partial charge in [0.05, 0.1) is 17.1 Å². The first-order chi connectivity index (χ1) is 9.17. The van der Waals surface area contributed by atoms with Gasteiger partial charge >= 0.3 is 0 Å². The summed E-state index contributed by atoms with van der Waals surface area (Å²) in [5, 5.41) is 0. The third-order valence-electron chi connectivity index (χ3n) is 2.57. The number of ether oxygens (including phenoxy) is 1. The lowest BCUT2D eigenvalue weighted by Crippen LogP contribution is -1.93. The van der Waals surface area contributed by atoms with Gasteiger partial charge in [0.15, 0.2) is 5.58 Å². The summed E-state index contributed by atoms with van der Waals surface area (Å²) in [6.45, 7) is 0. The number of hydrogen-bond donors (Lipinski definition) is 1. The fourth-order valence-electron chi connectivity index (χ4n) is 1.66. The molecule has 6 nitrogen and oxygen atoms in total. The molecule has 0 aliphatic heterocycles. The standard InChI is InChI=1S/C12H9BrN4O2/c1-18-7-2-8(13)10-9(3-7)17-11(19-10)6-4-15-12(14)16-5-6/h2-5H,1H3,(H2,14,15,16). The van der Waals surface area contributed by atoms with Crippen LogP contribution in [0.4, 0.5) is 5.95 Å². The van der Waals surface area contributed by atoms with Gasteiger partial charge in [-0.3, -0.25) is 0 Å². The molecule has 0 atom stereocenters. The number of aromatic nitrogens is 3. The van der Waals surface area contributed by atoms with Gasteiger partial charge in [-0.25, -0.2) is 15.0 Å². The maximum Gasteiger partial charge on any atom is 0.230 e. The number of benzene rings is 1. The summed E-state index contributed by atoms with van der Waals surface area (Å²) in [5.41, 5.74) is 7.45. The third kappa shape index (κ3) is 2.12. The van der Waals surface area contributed by atoms with Crippen molar-refractivity contribution in [3.8, 4) is 17.2 Å². The van der Waals surface area contributed by atoms with E-state index >= 15 is 0 Å². The average Bonchev–Trinajstić information content (AvgIpc) is 2.84. The molecule has 0 saturated carbocycles. The summed E-state index contributed by atoms with van der Waals surface area (Å²) in [5.74, 6) is 1.35. The van der Waals surface area contributed by atoms with Crippen LogP contribution in [0.15, 0.2) is 33.4 Å². The van der Waals surface area contributed by atoms with Gasteiger partial charge in [-0.1, -0.05) is 0 Å². The van der Waals surface area contributed by atoms with Crippen LogP contribution in [0, 0.1) is 0 Å². The Morgan fingerprint density at radius 3 is 2.68 bits per heavy atom. The molecule has 7 heteroatoms. The van der Waals surface area contributed by atoms with Gasteiger partial charge in [0.1, 0.15) is 11.3 Å². The Bertz CT molecular complexity index is 739. The molecule has 0 aliphatic carbocycles. The van der Waals surface area contributed by atoms with E-state index in [9.17, 15) is 0 Å². The molecule has 0 saturated heterocycles. The topological polar surface area (TPSA) is 87.1 Å². The van der Waals surface area contributed by atoms with Crippen LogP contribution in [0.1, 0.15) is 0 Å². The number of oxazole rings is 1. The number of nitrogen functional groups attached to an aromatic ring is 1. The minimum Gasteiger partial charge on any atom is -0.497 e. The van der Waals surface area contributed by atoms with Crippen molar-refractivity contribution in [1.29, 1.82) is 0 Å². The van der Waals surface area contributed by atoms with Crippen LogP contribution in [0.25, 0.3) is 22.6 Å². The van der Waals surface area contributed by atoms with E-state index in [1.165, 1.54) is 0 Å². The van der Waals surface area contributed by atoms with Crippen molar-refractivity contribution < 1.29 is 9.15 Å². The van der Waals surface area contributed by atoms with Gasteiger partial charge in [0.25, 0.3) is 0 Å². The number of hydrogen-bond acceptors (Lipinski definition) is 6. The maximum atomic E-state index is 5.69. The number of anilines is 1. The molecule has 0 aliphatic rings. The van der Waals surface area contributed by atoms with Gasteiger partial charge in [-0.2, -0.15) is 0 Å². The van der Waals surface area contributed by atoms with E-state index in [2.05, 4.69) is 30.9 Å². The van der Waals surface area contributed by atoms with Gasteiger partial charge in [0, 0.05) is 18.5 Å². The third-order valence-corrected chi connectivity index (χ3v) is 3.16. The lowest BCUT2D eigenvalue weighted by Gasteiger charge is -1.98. The predicted molar refractivity (Wildman–Crippen MR) is 73.7 cm³/mol. The molecule has 3 aromatic rings. The molecule has 0 radical (unpaired) electrons. The van der Waals surface area contributed by atoms with Crippen LogP contribution in [0.5, 0.6) is 5.75 Å². The summed E-state index contributed by atoms with van der Waals surface area (Å²) >= 11 is 3.42. The monoisotopic (exact) mass is 320 g/mol. The number of fused-ring (bicyclic) bond motifs is 1. The molecule has 0 amide bonds.